The molecule has 142 valence electrons. The standard InChI is InChI=1S/C18H24ClN5S.HI/c1-3-20-18(22-11-17-10-21-13(2)25-17)23-15-7-8-24(12-15)16-6-4-5-14(19)9-16;/h4-6,9-10,15H,3,7-8,11-12H2,1-2H3,(H2,20,22,23);1H. The molecule has 8 heteroatoms. The largest absolute Gasteiger partial charge is 0.369 e. The molecule has 1 unspecified atom stereocenters. The summed E-state index contributed by atoms with van der Waals surface area (Å²) in [6, 6.07) is 8.42. The predicted molar refractivity (Wildman–Crippen MR) is 122 cm³/mol. The smallest absolute Gasteiger partial charge is 0.191 e. The summed E-state index contributed by atoms with van der Waals surface area (Å²) in [5.41, 5.74) is 1.18. The van der Waals surface area contributed by atoms with Crippen LogP contribution in [0.4, 0.5) is 5.69 Å². The third-order valence-electron chi connectivity index (χ3n) is 4.11. The van der Waals surface area contributed by atoms with Gasteiger partial charge in [-0.25, -0.2) is 9.98 Å². The molecule has 0 amide bonds. The van der Waals surface area contributed by atoms with Crippen LogP contribution in [0.2, 0.25) is 5.02 Å². The number of aliphatic imine (C=N–C) groups is 1. The maximum atomic E-state index is 6.11. The number of aryl methyl sites for hydroxylation is 1. The quantitative estimate of drug-likeness (QED) is 0.366. The highest BCUT2D eigenvalue weighted by molar-refractivity contribution is 14.0. The number of hydrogen-bond donors (Lipinski definition) is 2. The maximum absolute atomic E-state index is 6.11. The van der Waals surface area contributed by atoms with E-state index in [-0.39, 0.29) is 24.0 Å². The first-order valence-corrected chi connectivity index (χ1v) is 9.80. The number of guanidine groups is 1. The highest BCUT2D eigenvalue weighted by Gasteiger charge is 2.23. The van der Waals surface area contributed by atoms with Gasteiger partial charge in [-0.15, -0.1) is 35.3 Å². The first kappa shape index (κ1) is 21.2. The number of rotatable bonds is 5. The van der Waals surface area contributed by atoms with Crippen LogP contribution in [0, 0.1) is 6.92 Å². The molecule has 1 aliphatic rings. The second-order valence-electron chi connectivity index (χ2n) is 6.10. The summed E-state index contributed by atoms with van der Waals surface area (Å²) in [6.45, 7) is 7.57. The fourth-order valence-electron chi connectivity index (χ4n) is 2.93. The van der Waals surface area contributed by atoms with E-state index >= 15 is 0 Å². The van der Waals surface area contributed by atoms with Crippen molar-refractivity contribution in [1.82, 2.24) is 15.6 Å². The Balaban J connectivity index is 0.00000243. The minimum absolute atomic E-state index is 0. The molecular weight excluding hydrogens is 481 g/mol. The molecule has 26 heavy (non-hydrogen) atoms. The van der Waals surface area contributed by atoms with Crippen molar-refractivity contribution < 1.29 is 0 Å². The van der Waals surface area contributed by atoms with E-state index in [1.165, 1.54) is 10.6 Å². The van der Waals surface area contributed by atoms with Gasteiger partial charge in [-0.05, 0) is 38.5 Å². The summed E-state index contributed by atoms with van der Waals surface area (Å²) in [7, 11) is 0. The van der Waals surface area contributed by atoms with Gasteiger partial charge in [0.05, 0.1) is 11.6 Å². The fourth-order valence-corrected chi connectivity index (χ4v) is 3.84. The van der Waals surface area contributed by atoms with Gasteiger partial charge >= 0.3 is 0 Å². The van der Waals surface area contributed by atoms with E-state index in [2.05, 4.69) is 33.5 Å². The van der Waals surface area contributed by atoms with Crippen molar-refractivity contribution in [3.63, 3.8) is 0 Å². The minimum Gasteiger partial charge on any atom is -0.369 e. The van der Waals surface area contributed by atoms with Crippen molar-refractivity contribution in [2.45, 2.75) is 32.9 Å². The lowest BCUT2D eigenvalue weighted by Gasteiger charge is -2.20. The Morgan fingerprint density at radius 1 is 1.46 bits per heavy atom. The van der Waals surface area contributed by atoms with Gasteiger partial charge in [-0.2, -0.15) is 0 Å². The number of nitrogens with zero attached hydrogens (tertiary/aromatic N) is 3. The number of anilines is 1. The number of benzene rings is 1. The average Bonchev–Trinajstić information content (AvgIpc) is 3.22. The Morgan fingerprint density at radius 2 is 2.31 bits per heavy atom. The zero-order chi connectivity index (χ0) is 17.6. The van der Waals surface area contributed by atoms with E-state index in [0.29, 0.717) is 12.6 Å². The molecule has 3 rings (SSSR count). The number of thiazole rings is 1. The first-order chi connectivity index (χ1) is 12.1. The average molecular weight is 506 g/mol. The van der Waals surface area contributed by atoms with E-state index in [0.717, 1.165) is 42.0 Å². The lowest BCUT2D eigenvalue weighted by Crippen LogP contribution is -2.44. The molecule has 1 atom stereocenters. The van der Waals surface area contributed by atoms with E-state index in [1.54, 1.807) is 11.3 Å². The van der Waals surface area contributed by atoms with Crippen molar-refractivity contribution in [1.29, 1.82) is 0 Å². The fraction of sp³-hybridized carbons (Fsp3) is 0.444. The van der Waals surface area contributed by atoms with E-state index in [1.807, 2.05) is 31.3 Å². The second-order valence-corrected chi connectivity index (χ2v) is 7.85. The second kappa shape index (κ2) is 10.3. The number of nitrogens with one attached hydrogen (secondary N) is 2. The van der Waals surface area contributed by atoms with Crippen LogP contribution in [0.1, 0.15) is 23.2 Å². The summed E-state index contributed by atoms with van der Waals surface area (Å²) in [6.07, 6.45) is 2.99. The van der Waals surface area contributed by atoms with Crippen molar-refractivity contribution in [2.75, 3.05) is 24.5 Å². The van der Waals surface area contributed by atoms with Crippen molar-refractivity contribution >= 4 is 58.6 Å². The van der Waals surface area contributed by atoms with Crippen LogP contribution in [-0.2, 0) is 6.54 Å². The Kier molecular flexibility index (Phi) is 8.43. The van der Waals surface area contributed by atoms with Crippen molar-refractivity contribution in [2.24, 2.45) is 4.99 Å². The van der Waals surface area contributed by atoms with Crippen LogP contribution in [0.25, 0.3) is 0 Å². The predicted octanol–water partition coefficient (Wildman–Crippen LogP) is 4.06. The normalized spacial score (nSPS) is 17.1. The summed E-state index contributed by atoms with van der Waals surface area (Å²) < 4.78 is 0. The molecule has 0 saturated carbocycles. The first-order valence-electron chi connectivity index (χ1n) is 8.60. The summed E-state index contributed by atoms with van der Waals surface area (Å²) >= 11 is 7.81. The number of hydrogen-bond acceptors (Lipinski definition) is 4. The molecule has 2 N–H and O–H groups in total. The molecule has 1 aromatic heterocycles. The summed E-state index contributed by atoms with van der Waals surface area (Å²) in [5.74, 6) is 0.867. The van der Waals surface area contributed by atoms with Gasteiger partial charge in [-0.1, -0.05) is 17.7 Å². The molecule has 0 aliphatic carbocycles. The number of halogens is 2. The van der Waals surface area contributed by atoms with Gasteiger partial charge in [0.15, 0.2) is 5.96 Å². The Morgan fingerprint density at radius 3 is 3.00 bits per heavy atom. The van der Waals surface area contributed by atoms with Crippen LogP contribution < -0.4 is 15.5 Å². The Bertz CT molecular complexity index is 736. The van der Waals surface area contributed by atoms with Crippen LogP contribution in [-0.4, -0.2) is 36.6 Å². The van der Waals surface area contributed by atoms with Gasteiger partial charge in [0, 0.05) is 47.5 Å². The molecule has 2 heterocycles. The van der Waals surface area contributed by atoms with Gasteiger partial charge < -0.3 is 15.5 Å². The monoisotopic (exact) mass is 505 g/mol. The van der Waals surface area contributed by atoms with Crippen molar-refractivity contribution in [3.05, 3.63) is 45.4 Å². The van der Waals surface area contributed by atoms with Crippen LogP contribution in [0.3, 0.4) is 0 Å². The van der Waals surface area contributed by atoms with Crippen LogP contribution in [0.5, 0.6) is 0 Å². The van der Waals surface area contributed by atoms with Gasteiger partial charge in [0.2, 0.25) is 0 Å². The lowest BCUT2D eigenvalue weighted by atomic mass is 10.3. The minimum atomic E-state index is 0. The van der Waals surface area contributed by atoms with Crippen molar-refractivity contribution in [3.8, 4) is 0 Å². The molecule has 1 aliphatic heterocycles. The molecule has 1 saturated heterocycles. The van der Waals surface area contributed by atoms with E-state index in [9.17, 15) is 0 Å². The number of aromatic nitrogens is 1. The topological polar surface area (TPSA) is 52.6 Å². The third-order valence-corrected chi connectivity index (χ3v) is 5.24. The SMILES string of the molecule is CCNC(=NCc1cnc(C)s1)NC1CCN(c2cccc(Cl)c2)C1.I. The molecule has 0 bridgehead atoms. The Labute approximate surface area is 181 Å². The molecule has 1 fully saturated rings. The highest BCUT2D eigenvalue weighted by Crippen LogP contribution is 2.23. The third kappa shape index (κ3) is 5.99. The maximum Gasteiger partial charge on any atom is 0.191 e. The van der Waals surface area contributed by atoms with E-state index in [4.69, 9.17) is 16.6 Å². The van der Waals surface area contributed by atoms with Gasteiger partial charge in [-0.3, -0.25) is 0 Å². The van der Waals surface area contributed by atoms with E-state index < -0.39 is 0 Å². The molecule has 1 aromatic carbocycles. The summed E-state index contributed by atoms with van der Waals surface area (Å²) in [5, 5.41) is 8.75. The van der Waals surface area contributed by atoms with Crippen LogP contribution in [0.15, 0.2) is 35.5 Å². The zero-order valence-electron chi connectivity index (χ0n) is 15.0. The molecule has 0 radical (unpaired) electrons. The molecular formula is C18H25ClIN5S. The zero-order valence-corrected chi connectivity index (χ0v) is 18.9. The molecule has 0 spiro atoms. The Hall–Kier alpha value is -1.06. The van der Waals surface area contributed by atoms with Gasteiger partial charge in [0.1, 0.15) is 0 Å². The van der Waals surface area contributed by atoms with Crippen LogP contribution >= 0.6 is 46.9 Å². The molecule has 5 nitrogen and oxygen atoms in total. The summed E-state index contributed by atoms with van der Waals surface area (Å²) in [4.78, 5) is 12.5. The lowest BCUT2D eigenvalue weighted by molar-refractivity contribution is 0.649. The highest BCUT2D eigenvalue weighted by atomic mass is 127. The molecule has 2 aromatic rings. The van der Waals surface area contributed by atoms with Gasteiger partial charge in [0.25, 0.3) is 0 Å².